The van der Waals surface area contributed by atoms with Crippen LogP contribution in [0.1, 0.15) is 12.5 Å². The number of carbonyl (C=O) groups excluding carboxylic acids is 1. The summed E-state index contributed by atoms with van der Waals surface area (Å²) in [6, 6.07) is 12.6. The second-order valence-electron chi connectivity index (χ2n) is 4.51. The Kier molecular flexibility index (Phi) is 5.46. The monoisotopic (exact) mass is 313 g/mol. The molecule has 0 fully saturated rings. The van der Waals surface area contributed by atoms with Crippen molar-refractivity contribution < 1.29 is 19.2 Å². The Labute approximate surface area is 133 Å². The highest BCUT2D eigenvalue weighted by molar-refractivity contribution is 5.88. The molecule has 2 aromatic rings. The molecular formula is C17H15NO5. The Hall–Kier alpha value is -3.15. The summed E-state index contributed by atoms with van der Waals surface area (Å²) in [5.41, 5.74) is 0.740. The number of hydrogen-bond acceptors (Lipinski definition) is 5. The summed E-state index contributed by atoms with van der Waals surface area (Å²) in [5, 5.41) is 10.5. The molecule has 0 saturated carbocycles. The average molecular weight is 313 g/mol. The Morgan fingerprint density at radius 1 is 1.17 bits per heavy atom. The van der Waals surface area contributed by atoms with Gasteiger partial charge in [0, 0.05) is 18.2 Å². The van der Waals surface area contributed by atoms with Crippen molar-refractivity contribution in [1.29, 1.82) is 0 Å². The average Bonchev–Trinajstić information content (AvgIpc) is 2.54. The molecule has 0 heterocycles. The lowest BCUT2D eigenvalue weighted by molar-refractivity contribution is -0.384. The number of carbonyl (C=O) groups is 1. The van der Waals surface area contributed by atoms with E-state index in [-0.39, 0.29) is 11.4 Å². The molecule has 0 aliphatic rings. The summed E-state index contributed by atoms with van der Waals surface area (Å²) < 4.78 is 10.4. The smallest absolute Gasteiger partial charge is 0.336 e. The van der Waals surface area contributed by atoms with E-state index < -0.39 is 10.9 Å². The van der Waals surface area contributed by atoms with Crippen molar-refractivity contribution in [3.05, 3.63) is 70.3 Å². The van der Waals surface area contributed by atoms with Gasteiger partial charge in [0.1, 0.15) is 11.5 Å². The largest absolute Gasteiger partial charge is 0.494 e. The van der Waals surface area contributed by atoms with Gasteiger partial charge in [-0.2, -0.15) is 0 Å². The number of ether oxygens (including phenoxy) is 2. The molecule has 6 nitrogen and oxygen atoms in total. The molecule has 0 aliphatic heterocycles. The molecule has 0 saturated heterocycles. The first-order valence-corrected chi connectivity index (χ1v) is 6.95. The Morgan fingerprint density at radius 2 is 1.91 bits per heavy atom. The van der Waals surface area contributed by atoms with E-state index in [4.69, 9.17) is 9.47 Å². The van der Waals surface area contributed by atoms with Gasteiger partial charge in [-0.25, -0.2) is 4.79 Å². The third-order valence-electron chi connectivity index (χ3n) is 2.85. The van der Waals surface area contributed by atoms with E-state index in [1.807, 2.05) is 25.1 Å². The molecule has 0 aromatic heterocycles. The molecule has 0 unspecified atom stereocenters. The fourth-order valence-corrected chi connectivity index (χ4v) is 1.83. The first-order chi connectivity index (χ1) is 11.1. The fraction of sp³-hybridized carbons (Fsp3) is 0.118. The highest BCUT2D eigenvalue weighted by Gasteiger charge is 2.06. The standard InChI is InChI=1S/C17H15NO5/c1-2-22-16-5-3-4-13(12-16)6-11-17(19)23-15-9-7-14(8-10-15)18(20)21/h3-12H,2H2,1H3/b11-6+. The minimum atomic E-state index is -0.569. The Bertz CT molecular complexity index is 722. The van der Waals surface area contributed by atoms with E-state index in [1.54, 1.807) is 12.1 Å². The van der Waals surface area contributed by atoms with Crippen LogP contribution in [0.15, 0.2) is 54.6 Å². The SMILES string of the molecule is CCOc1cccc(/C=C/C(=O)Oc2ccc([N+](=O)[O-])cc2)c1. The fourth-order valence-electron chi connectivity index (χ4n) is 1.83. The highest BCUT2D eigenvalue weighted by Crippen LogP contribution is 2.18. The molecule has 2 rings (SSSR count). The lowest BCUT2D eigenvalue weighted by Crippen LogP contribution is -2.03. The van der Waals surface area contributed by atoms with Gasteiger partial charge in [-0.05, 0) is 42.8 Å². The van der Waals surface area contributed by atoms with E-state index in [1.165, 1.54) is 30.3 Å². The number of rotatable bonds is 6. The maximum Gasteiger partial charge on any atom is 0.336 e. The topological polar surface area (TPSA) is 78.7 Å². The lowest BCUT2D eigenvalue weighted by Gasteiger charge is -2.03. The maximum atomic E-state index is 11.7. The minimum absolute atomic E-state index is 0.0620. The number of nitro benzene ring substituents is 1. The van der Waals surface area contributed by atoms with Crippen LogP contribution in [-0.2, 0) is 4.79 Å². The zero-order valence-electron chi connectivity index (χ0n) is 12.5. The molecular weight excluding hydrogens is 298 g/mol. The molecule has 0 aliphatic carbocycles. The molecule has 118 valence electrons. The number of benzene rings is 2. The second kappa shape index (κ2) is 7.74. The zero-order valence-corrected chi connectivity index (χ0v) is 12.5. The Morgan fingerprint density at radius 3 is 2.57 bits per heavy atom. The van der Waals surface area contributed by atoms with Crippen molar-refractivity contribution in [3.8, 4) is 11.5 Å². The van der Waals surface area contributed by atoms with Crippen LogP contribution in [0.2, 0.25) is 0 Å². The van der Waals surface area contributed by atoms with Crippen molar-refractivity contribution in [2.24, 2.45) is 0 Å². The first-order valence-electron chi connectivity index (χ1n) is 6.95. The van der Waals surface area contributed by atoms with Gasteiger partial charge in [0.2, 0.25) is 0 Å². The molecule has 0 N–H and O–H groups in total. The maximum absolute atomic E-state index is 11.7. The predicted molar refractivity (Wildman–Crippen MR) is 85.4 cm³/mol. The van der Waals surface area contributed by atoms with Crippen LogP contribution in [0.25, 0.3) is 6.08 Å². The molecule has 0 spiro atoms. The third kappa shape index (κ3) is 4.96. The van der Waals surface area contributed by atoms with Gasteiger partial charge in [0.15, 0.2) is 0 Å². The molecule has 0 amide bonds. The molecule has 0 atom stereocenters. The summed E-state index contributed by atoms with van der Waals surface area (Å²) in [5.74, 6) is 0.396. The second-order valence-corrected chi connectivity index (χ2v) is 4.51. The normalized spacial score (nSPS) is 10.5. The van der Waals surface area contributed by atoms with Crippen LogP contribution in [-0.4, -0.2) is 17.5 Å². The van der Waals surface area contributed by atoms with Crippen molar-refractivity contribution >= 4 is 17.7 Å². The van der Waals surface area contributed by atoms with Crippen LogP contribution in [0.5, 0.6) is 11.5 Å². The van der Waals surface area contributed by atoms with Crippen molar-refractivity contribution in [2.45, 2.75) is 6.92 Å². The predicted octanol–water partition coefficient (Wildman–Crippen LogP) is 3.61. The quantitative estimate of drug-likeness (QED) is 0.267. The molecule has 0 bridgehead atoms. The van der Waals surface area contributed by atoms with Crippen LogP contribution in [0.3, 0.4) is 0 Å². The summed E-state index contributed by atoms with van der Waals surface area (Å²) in [6.45, 7) is 2.46. The van der Waals surface area contributed by atoms with Gasteiger partial charge in [-0.15, -0.1) is 0 Å². The van der Waals surface area contributed by atoms with Gasteiger partial charge in [-0.1, -0.05) is 12.1 Å². The number of nitro groups is 1. The number of hydrogen-bond donors (Lipinski definition) is 0. The van der Waals surface area contributed by atoms with Crippen molar-refractivity contribution in [1.82, 2.24) is 0 Å². The minimum Gasteiger partial charge on any atom is -0.494 e. The van der Waals surface area contributed by atoms with Crippen LogP contribution in [0.4, 0.5) is 5.69 Å². The van der Waals surface area contributed by atoms with Crippen molar-refractivity contribution in [2.75, 3.05) is 6.61 Å². The van der Waals surface area contributed by atoms with Gasteiger partial charge < -0.3 is 9.47 Å². The van der Waals surface area contributed by atoms with E-state index in [2.05, 4.69) is 0 Å². The molecule has 0 radical (unpaired) electrons. The summed E-state index contributed by atoms with van der Waals surface area (Å²) in [7, 11) is 0. The molecule has 23 heavy (non-hydrogen) atoms. The number of nitrogens with zero attached hydrogens (tertiary/aromatic N) is 1. The van der Waals surface area contributed by atoms with Crippen molar-refractivity contribution in [3.63, 3.8) is 0 Å². The van der Waals surface area contributed by atoms with E-state index in [0.717, 1.165) is 11.3 Å². The summed E-state index contributed by atoms with van der Waals surface area (Å²) >= 11 is 0. The zero-order chi connectivity index (χ0) is 16.7. The van der Waals surface area contributed by atoms with E-state index in [0.29, 0.717) is 6.61 Å². The van der Waals surface area contributed by atoms with Gasteiger partial charge in [-0.3, -0.25) is 10.1 Å². The van der Waals surface area contributed by atoms with E-state index >= 15 is 0 Å². The van der Waals surface area contributed by atoms with Gasteiger partial charge in [0.25, 0.3) is 5.69 Å². The summed E-state index contributed by atoms with van der Waals surface area (Å²) in [4.78, 5) is 21.8. The number of non-ortho nitro benzene ring substituents is 1. The lowest BCUT2D eigenvalue weighted by atomic mass is 10.2. The number of esters is 1. The van der Waals surface area contributed by atoms with Crippen LogP contribution < -0.4 is 9.47 Å². The molecule has 2 aromatic carbocycles. The van der Waals surface area contributed by atoms with Gasteiger partial charge >= 0.3 is 5.97 Å². The first kappa shape index (κ1) is 16.2. The van der Waals surface area contributed by atoms with Gasteiger partial charge in [0.05, 0.1) is 11.5 Å². The summed E-state index contributed by atoms with van der Waals surface area (Å²) in [6.07, 6.45) is 2.89. The van der Waals surface area contributed by atoms with Crippen LogP contribution in [0, 0.1) is 10.1 Å². The highest BCUT2D eigenvalue weighted by atomic mass is 16.6. The third-order valence-corrected chi connectivity index (χ3v) is 2.85. The Balaban J connectivity index is 1.98. The van der Waals surface area contributed by atoms with Crippen LogP contribution >= 0.6 is 0 Å². The molecule has 6 heteroatoms. The van der Waals surface area contributed by atoms with E-state index in [9.17, 15) is 14.9 Å².